The molecule has 0 heterocycles. The molecule has 0 aromatic heterocycles. The highest BCUT2D eigenvalue weighted by Gasteiger charge is 2.12. The van der Waals surface area contributed by atoms with Crippen molar-refractivity contribution in [2.24, 2.45) is 0 Å². The number of hydrogen-bond donors (Lipinski definition) is 1. The fourth-order valence-corrected chi connectivity index (χ4v) is 1.87. The molecule has 1 aromatic carbocycles. The van der Waals surface area contributed by atoms with Gasteiger partial charge in [-0.05, 0) is 26.3 Å². The number of ether oxygens (including phenoxy) is 2. The molecule has 0 saturated heterocycles. The Hall–Kier alpha value is -1.42. The first kappa shape index (κ1) is 16.6. The molecule has 4 nitrogen and oxygen atoms in total. The molecule has 0 radical (unpaired) electrons. The first-order valence-electron chi connectivity index (χ1n) is 6.73. The molecule has 0 spiro atoms. The number of rotatable bonds is 8. The minimum Gasteiger partial charge on any atom is -0.493 e. The van der Waals surface area contributed by atoms with E-state index in [2.05, 4.69) is 5.32 Å². The van der Waals surface area contributed by atoms with Crippen LogP contribution >= 0.6 is 11.6 Å². The molecule has 0 aliphatic heterocycles. The van der Waals surface area contributed by atoms with E-state index < -0.39 is 0 Å². The van der Waals surface area contributed by atoms with E-state index in [4.69, 9.17) is 21.1 Å². The summed E-state index contributed by atoms with van der Waals surface area (Å²) in [5.74, 6) is 1.84. The molecule has 0 saturated carbocycles. The Labute approximate surface area is 125 Å². The molecule has 1 N–H and O–H groups in total. The highest BCUT2D eigenvalue weighted by molar-refractivity contribution is 6.17. The van der Waals surface area contributed by atoms with Crippen molar-refractivity contribution in [3.8, 4) is 11.5 Å². The van der Waals surface area contributed by atoms with Crippen molar-refractivity contribution in [1.29, 1.82) is 0 Å². The van der Waals surface area contributed by atoms with Crippen LogP contribution < -0.4 is 14.8 Å². The van der Waals surface area contributed by atoms with E-state index in [0.717, 1.165) is 5.56 Å². The van der Waals surface area contributed by atoms with Gasteiger partial charge in [0.25, 0.3) is 0 Å². The van der Waals surface area contributed by atoms with E-state index in [0.29, 0.717) is 36.8 Å². The van der Waals surface area contributed by atoms with Crippen LogP contribution in [0.15, 0.2) is 18.2 Å². The smallest absolute Gasteiger partial charge is 0.220 e. The van der Waals surface area contributed by atoms with Crippen molar-refractivity contribution in [2.45, 2.75) is 39.3 Å². The Morgan fingerprint density at radius 2 is 2.15 bits per heavy atom. The minimum atomic E-state index is -0.0102. The van der Waals surface area contributed by atoms with Gasteiger partial charge < -0.3 is 14.8 Å². The van der Waals surface area contributed by atoms with Crippen molar-refractivity contribution < 1.29 is 14.3 Å². The predicted octanol–water partition coefficient (Wildman–Crippen LogP) is 3.12. The number of para-hydroxylation sites is 1. The van der Waals surface area contributed by atoms with Crippen molar-refractivity contribution >= 4 is 17.5 Å². The summed E-state index contributed by atoms with van der Waals surface area (Å²) >= 11 is 5.57. The van der Waals surface area contributed by atoms with Gasteiger partial charge in [0.2, 0.25) is 5.91 Å². The molecule has 5 heteroatoms. The summed E-state index contributed by atoms with van der Waals surface area (Å²) in [6.07, 6.45) is 1.16. The molecule has 1 rings (SSSR count). The van der Waals surface area contributed by atoms with Crippen LogP contribution in [-0.2, 0) is 11.3 Å². The van der Waals surface area contributed by atoms with Gasteiger partial charge in [0.05, 0.1) is 13.2 Å². The predicted molar refractivity (Wildman–Crippen MR) is 80.6 cm³/mol. The van der Waals surface area contributed by atoms with E-state index >= 15 is 0 Å². The van der Waals surface area contributed by atoms with Gasteiger partial charge in [-0.1, -0.05) is 12.1 Å². The van der Waals surface area contributed by atoms with Crippen LogP contribution in [0.5, 0.6) is 11.5 Å². The van der Waals surface area contributed by atoms with E-state index in [1.165, 1.54) is 0 Å². The monoisotopic (exact) mass is 299 g/mol. The first-order chi connectivity index (χ1) is 9.58. The average Bonchev–Trinajstić information content (AvgIpc) is 2.43. The third-order valence-electron chi connectivity index (χ3n) is 2.65. The van der Waals surface area contributed by atoms with Crippen LogP contribution in [0.1, 0.15) is 32.3 Å². The minimum absolute atomic E-state index is 0.0102. The van der Waals surface area contributed by atoms with Gasteiger partial charge in [-0.25, -0.2) is 0 Å². The van der Waals surface area contributed by atoms with E-state index in [1.54, 1.807) is 7.11 Å². The lowest BCUT2D eigenvalue weighted by atomic mass is 10.1. The number of alkyl halides is 1. The van der Waals surface area contributed by atoms with Gasteiger partial charge in [-0.3, -0.25) is 4.79 Å². The summed E-state index contributed by atoms with van der Waals surface area (Å²) in [5.41, 5.74) is 0.900. The van der Waals surface area contributed by atoms with Crippen molar-refractivity contribution in [3.05, 3.63) is 23.8 Å². The zero-order valence-corrected chi connectivity index (χ0v) is 13.0. The molecular formula is C15H22ClNO3. The zero-order chi connectivity index (χ0) is 15.0. The van der Waals surface area contributed by atoms with Gasteiger partial charge in [-0.15, -0.1) is 11.6 Å². The topological polar surface area (TPSA) is 47.6 Å². The third kappa shape index (κ3) is 5.29. The standard InChI is InChI=1S/C15H22ClNO3/c1-11(2)20-15-12(6-4-7-13(15)19-3)10-17-14(18)8-5-9-16/h4,6-7,11H,5,8-10H2,1-3H3,(H,17,18). The lowest BCUT2D eigenvalue weighted by molar-refractivity contribution is -0.121. The Morgan fingerprint density at radius 3 is 2.75 bits per heavy atom. The van der Waals surface area contributed by atoms with Crippen LogP contribution in [0.2, 0.25) is 0 Å². The lowest BCUT2D eigenvalue weighted by Crippen LogP contribution is -2.23. The fraction of sp³-hybridized carbons (Fsp3) is 0.533. The van der Waals surface area contributed by atoms with E-state index in [1.807, 2.05) is 32.0 Å². The molecular weight excluding hydrogens is 278 g/mol. The molecule has 0 unspecified atom stereocenters. The molecule has 1 aromatic rings. The van der Waals surface area contributed by atoms with Crippen molar-refractivity contribution in [3.63, 3.8) is 0 Å². The van der Waals surface area contributed by atoms with Gasteiger partial charge in [-0.2, -0.15) is 0 Å². The number of carbonyl (C=O) groups excluding carboxylic acids is 1. The van der Waals surface area contributed by atoms with Crippen molar-refractivity contribution in [2.75, 3.05) is 13.0 Å². The molecule has 112 valence electrons. The second-order valence-corrected chi connectivity index (χ2v) is 5.06. The first-order valence-corrected chi connectivity index (χ1v) is 7.27. The number of methoxy groups -OCH3 is 1. The Balaban J connectivity index is 2.75. The summed E-state index contributed by atoms with van der Waals surface area (Å²) in [6.45, 7) is 4.32. The zero-order valence-electron chi connectivity index (χ0n) is 12.2. The number of hydrogen-bond acceptors (Lipinski definition) is 3. The van der Waals surface area contributed by atoms with E-state index in [9.17, 15) is 4.79 Å². The third-order valence-corrected chi connectivity index (χ3v) is 2.91. The summed E-state index contributed by atoms with van der Waals surface area (Å²) in [4.78, 5) is 11.6. The van der Waals surface area contributed by atoms with E-state index in [-0.39, 0.29) is 12.0 Å². The fourth-order valence-electron chi connectivity index (χ4n) is 1.74. The van der Waals surface area contributed by atoms with Gasteiger partial charge in [0.1, 0.15) is 0 Å². The number of benzene rings is 1. The highest BCUT2D eigenvalue weighted by Crippen LogP contribution is 2.31. The quantitative estimate of drug-likeness (QED) is 0.750. The second-order valence-electron chi connectivity index (χ2n) is 4.68. The lowest BCUT2D eigenvalue weighted by Gasteiger charge is -2.17. The maximum absolute atomic E-state index is 11.6. The number of carbonyl (C=O) groups is 1. The summed E-state index contributed by atoms with van der Waals surface area (Å²) in [5, 5.41) is 2.87. The summed E-state index contributed by atoms with van der Waals surface area (Å²) in [7, 11) is 1.60. The van der Waals surface area contributed by atoms with Gasteiger partial charge in [0.15, 0.2) is 11.5 Å². The normalized spacial score (nSPS) is 10.4. The maximum atomic E-state index is 11.6. The number of amides is 1. The molecule has 0 fully saturated rings. The molecule has 0 aliphatic rings. The summed E-state index contributed by atoms with van der Waals surface area (Å²) < 4.78 is 11.1. The van der Waals surface area contributed by atoms with Crippen molar-refractivity contribution in [1.82, 2.24) is 5.32 Å². The highest BCUT2D eigenvalue weighted by atomic mass is 35.5. The number of halogens is 1. The molecule has 20 heavy (non-hydrogen) atoms. The molecule has 0 atom stereocenters. The van der Waals surface area contributed by atoms with Gasteiger partial charge in [0, 0.05) is 24.4 Å². The summed E-state index contributed by atoms with van der Waals surface area (Å²) in [6, 6.07) is 5.64. The van der Waals surface area contributed by atoms with Crippen LogP contribution in [-0.4, -0.2) is 25.0 Å². The average molecular weight is 300 g/mol. The largest absolute Gasteiger partial charge is 0.493 e. The maximum Gasteiger partial charge on any atom is 0.220 e. The van der Waals surface area contributed by atoms with Crippen LogP contribution in [0.4, 0.5) is 0 Å². The number of nitrogens with one attached hydrogen (secondary N) is 1. The Morgan fingerprint density at radius 1 is 1.40 bits per heavy atom. The Kier molecular flexibility index (Phi) is 7.23. The second kappa shape index (κ2) is 8.69. The molecule has 0 aliphatic carbocycles. The van der Waals surface area contributed by atoms with Crippen LogP contribution in [0.3, 0.4) is 0 Å². The van der Waals surface area contributed by atoms with Crippen LogP contribution in [0.25, 0.3) is 0 Å². The Bertz CT molecular complexity index is 435. The van der Waals surface area contributed by atoms with Gasteiger partial charge >= 0.3 is 0 Å². The molecule has 0 bridgehead atoms. The SMILES string of the molecule is COc1cccc(CNC(=O)CCCCl)c1OC(C)C. The van der Waals surface area contributed by atoms with Crippen LogP contribution in [0, 0.1) is 0 Å². The molecule has 1 amide bonds.